The van der Waals surface area contributed by atoms with Crippen molar-refractivity contribution in [3.8, 4) is 0 Å². The Labute approximate surface area is 243 Å². The summed E-state index contributed by atoms with van der Waals surface area (Å²) in [5.41, 5.74) is 5.15. The summed E-state index contributed by atoms with van der Waals surface area (Å²) in [5, 5.41) is 3.90. The highest BCUT2D eigenvalue weighted by Gasteiger charge is 2.36. The van der Waals surface area contributed by atoms with Gasteiger partial charge in [-0.2, -0.15) is 0 Å². The Morgan fingerprint density at radius 3 is 2.46 bits per heavy atom. The number of aryl methyl sites for hydroxylation is 1. The molecule has 1 aromatic heterocycles. The smallest absolute Gasteiger partial charge is 0.338 e. The van der Waals surface area contributed by atoms with Gasteiger partial charge in [-0.15, -0.1) is 0 Å². The number of aromatic nitrogens is 1. The number of hydrogen-bond acceptors (Lipinski definition) is 6. The molecule has 3 aromatic carbocycles. The van der Waals surface area contributed by atoms with Gasteiger partial charge in [-0.25, -0.2) is 9.79 Å². The summed E-state index contributed by atoms with van der Waals surface area (Å²) < 4.78 is 7.24. The average Bonchev–Trinajstić information content (AvgIpc) is 3.22. The molecule has 1 aliphatic rings. The van der Waals surface area contributed by atoms with Gasteiger partial charge in [0.15, 0.2) is 5.17 Å². The van der Waals surface area contributed by atoms with Gasteiger partial charge in [0.1, 0.15) is 5.25 Å². The molecule has 41 heavy (non-hydrogen) atoms. The molecule has 210 valence electrons. The number of amides is 2. The minimum Gasteiger partial charge on any atom is -0.462 e. The monoisotopic (exact) mass is 568 g/mol. The summed E-state index contributed by atoms with van der Waals surface area (Å²) in [6, 6.07) is 24.2. The zero-order chi connectivity index (χ0) is 28.9. The lowest BCUT2D eigenvalue weighted by Crippen LogP contribution is -2.46. The Bertz CT molecular complexity index is 1610. The van der Waals surface area contributed by atoms with E-state index in [2.05, 4.69) is 28.9 Å². The first kappa shape index (κ1) is 28.2. The van der Waals surface area contributed by atoms with E-state index >= 15 is 0 Å². The van der Waals surface area contributed by atoms with Crippen LogP contribution in [0.5, 0.6) is 0 Å². The number of benzene rings is 3. The fourth-order valence-electron chi connectivity index (χ4n) is 4.94. The van der Waals surface area contributed by atoms with Gasteiger partial charge in [0.2, 0.25) is 11.8 Å². The third-order valence-corrected chi connectivity index (χ3v) is 8.38. The van der Waals surface area contributed by atoms with Crippen molar-refractivity contribution in [1.82, 2.24) is 9.47 Å². The van der Waals surface area contributed by atoms with Gasteiger partial charge in [-0.05, 0) is 68.3 Å². The van der Waals surface area contributed by atoms with Gasteiger partial charge in [-0.3, -0.25) is 14.5 Å². The second-order valence-corrected chi connectivity index (χ2v) is 10.9. The van der Waals surface area contributed by atoms with Crippen molar-refractivity contribution in [2.75, 3.05) is 18.5 Å². The van der Waals surface area contributed by atoms with Gasteiger partial charge < -0.3 is 14.6 Å². The molecule has 9 heteroatoms. The molecule has 0 bridgehead atoms. The van der Waals surface area contributed by atoms with Crippen LogP contribution in [0.2, 0.25) is 0 Å². The van der Waals surface area contributed by atoms with Crippen molar-refractivity contribution in [2.24, 2.45) is 12.0 Å². The Morgan fingerprint density at radius 1 is 1.02 bits per heavy atom. The van der Waals surface area contributed by atoms with Crippen LogP contribution in [0.4, 0.5) is 11.4 Å². The fraction of sp³-hybridized carbons (Fsp3) is 0.250. The third-order valence-electron chi connectivity index (χ3n) is 7.19. The largest absolute Gasteiger partial charge is 0.462 e. The molecule has 1 unspecified atom stereocenters. The first-order chi connectivity index (χ1) is 19.9. The van der Waals surface area contributed by atoms with Crippen molar-refractivity contribution in [3.05, 3.63) is 95.7 Å². The normalized spacial score (nSPS) is 16.3. The lowest BCUT2D eigenvalue weighted by Gasteiger charge is -2.32. The first-order valence-corrected chi connectivity index (χ1v) is 14.5. The SMILES string of the molecule is CCOC(=O)c1ccc(N=C2SC(C(=O)Nc3ccccc3)CC(=O)N2CCc2c(C)n(C)c3ccccc23)cc1. The van der Waals surface area contributed by atoms with Crippen LogP contribution in [0.25, 0.3) is 10.9 Å². The number of carbonyl (C=O) groups excluding carboxylic acids is 3. The number of fused-ring (bicyclic) bond motifs is 1. The maximum absolute atomic E-state index is 13.5. The van der Waals surface area contributed by atoms with E-state index in [0.717, 1.165) is 16.6 Å². The molecular weight excluding hydrogens is 536 g/mol. The minimum atomic E-state index is -0.629. The van der Waals surface area contributed by atoms with Crippen LogP contribution in [0.3, 0.4) is 0 Å². The summed E-state index contributed by atoms with van der Waals surface area (Å²) in [4.78, 5) is 45.3. The number of nitrogens with zero attached hydrogens (tertiary/aromatic N) is 3. The van der Waals surface area contributed by atoms with Crippen molar-refractivity contribution in [2.45, 2.75) is 31.9 Å². The second kappa shape index (κ2) is 12.4. The number of aliphatic imine (C=N–C) groups is 1. The topological polar surface area (TPSA) is 93.0 Å². The molecule has 0 saturated carbocycles. The van der Waals surface area contributed by atoms with Gasteiger partial charge in [0, 0.05) is 42.3 Å². The number of ether oxygens (including phenoxy) is 1. The van der Waals surface area contributed by atoms with E-state index in [1.54, 1.807) is 36.1 Å². The molecule has 0 spiro atoms. The summed E-state index contributed by atoms with van der Waals surface area (Å²) in [7, 11) is 2.05. The van der Waals surface area contributed by atoms with Gasteiger partial charge in [-0.1, -0.05) is 48.2 Å². The van der Waals surface area contributed by atoms with Crippen molar-refractivity contribution in [1.29, 1.82) is 0 Å². The predicted molar refractivity (Wildman–Crippen MR) is 164 cm³/mol. The minimum absolute atomic E-state index is 0.0681. The van der Waals surface area contributed by atoms with Gasteiger partial charge in [0.05, 0.1) is 17.9 Å². The highest BCUT2D eigenvalue weighted by atomic mass is 32.2. The van der Waals surface area contributed by atoms with Crippen molar-refractivity contribution < 1.29 is 19.1 Å². The van der Waals surface area contributed by atoms with Crippen LogP contribution >= 0.6 is 11.8 Å². The number of nitrogens with one attached hydrogen (secondary N) is 1. The first-order valence-electron chi connectivity index (χ1n) is 13.6. The van der Waals surface area contributed by atoms with E-state index in [1.165, 1.54) is 17.3 Å². The van der Waals surface area contributed by atoms with E-state index in [4.69, 9.17) is 9.73 Å². The summed E-state index contributed by atoms with van der Waals surface area (Å²) in [6.45, 7) is 4.56. The van der Waals surface area contributed by atoms with Crippen molar-refractivity contribution in [3.63, 3.8) is 0 Å². The summed E-state index contributed by atoms with van der Waals surface area (Å²) in [5.74, 6) is -0.806. The van der Waals surface area contributed by atoms with Crippen LogP contribution in [-0.2, 0) is 27.8 Å². The highest BCUT2D eigenvalue weighted by Crippen LogP contribution is 2.31. The third kappa shape index (κ3) is 6.20. The molecule has 5 rings (SSSR count). The number of rotatable bonds is 8. The molecule has 1 aliphatic heterocycles. The average molecular weight is 569 g/mol. The Hall–Kier alpha value is -4.37. The van der Waals surface area contributed by atoms with E-state index < -0.39 is 11.2 Å². The number of amidine groups is 1. The molecular formula is C32H32N4O4S. The molecule has 1 saturated heterocycles. The maximum Gasteiger partial charge on any atom is 0.338 e. The van der Waals surface area contributed by atoms with E-state index in [-0.39, 0.29) is 18.2 Å². The summed E-state index contributed by atoms with van der Waals surface area (Å²) >= 11 is 1.28. The van der Waals surface area contributed by atoms with Crippen molar-refractivity contribution >= 4 is 57.0 Å². The molecule has 0 radical (unpaired) electrons. The second-order valence-electron chi connectivity index (χ2n) is 9.76. The number of para-hydroxylation sites is 2. The maximum atomic E-state index is 13.5. The number of hydrogen-bond donors (Lipinski definition) is 1. The summed E-state index contributed by atoms with van der Waals surface area (Å²) in [6.07, 6.45) is 0.708. The Morgan fingerprint density at radius 2 is 1.73 bits per heavy atom. The number of esters is 1. The van der Waals surface area contributed by atoms with Crippen LogP contribution in [-0.4, -0.2) is 50.8 Å². The zero-order valence-electron chi connectivity index (χ0n) is 23.3. The predicted octanol–water partition coefficient (Wildman–Crippen LogP) is 5.87. The van der Waals surface area contributed by atoms with Crippen LogP contribution in [0, 0.1) is 6.92 Å². The number of carbonyl (C=O) groups is 3. The lowest BCUT2D eigenvalue weighted by atomic mass is 10.1. The Balaban J connectivity index is 1.42. The van der Waals surface area contributed by atoms with E-state index in [0.29, 0.717) is 41.7 Å². The quantitative estimate of drug-likeness (QED) is 0.269. The van der Waals surface area contributed by atoms with Crippen LogP contribution in [0.1, 0.15) is 35.0 Å². The highest BCUT2D eigenvalue weighted by molar-refractivity contribution is 8.15. The lowest BCUT2D eigenvalue weighted by molar-refractivity contribution is -0.129. The molecule has 1 fully saturated rings. The number of anilines is 1. The molecule has 0 aliphatic carbocycles. The van der Waals surface area contributed by atoms with E-state index in [9.17, 15) is 14.4 Å². The molecule has 1 atom stereocenters. The van der Waals surface area contributed by atoms with Crippen LogP contribution in [0.15, 0.2) is 83.9 Å². The molecule has 1 N–H and O–H groups in total. The zero-order valence-corrected chi connectivity index (χ0v) is 24.1. The Kier molecular flexibility index (Phi) is 8.54. The van der Waals surface area contributed by atoms with Crippen LogP contribution < -0.4 is 5.32 Å². The molecule has 2 heterocycles. The van der Waals surface area contributed by atoms with Gasteiger partial charge >= 0.3 is 5.97 Å². The fourth-order valence-corrected chi connectivity index (χ4v) is 6.07. The van der Waals surface area contributed by atoms with E-state index in [1.807, 2.05) is 49.5 Å². The number of thioether (sulfide) groups is 1. The van der Waals surface area contributed by atoms with Gasteiger partial charge in [0.25, 0.3) is 0 Å². The molecule has 4 aromatic rings. The standard InChI is InChI=1S/C32H32N4O4S/c1-4-40-31(39)22-14-16-24(17-15-22)34-32-36(19-18-25-21(2)35(3)27-13-9-8-12-26(25)27)29(37)20-28(41-32)30(38)33-23-10-6-5-7-11-23/h5-17,28H,4,18-20H2,1-3H3,(H,33,38). The molecule has 2 amide bonds. The molecule has 8 nitrogen and oxygen atoms in total.